The molecule has 1 aliphatic carbocycles. The van der Waals surface area contributed by atoms with Crippen LogP contribution in [0.4, 0.5) is 11.4 Å². The van der Waals surface area contributed by atoms with Crippen molar-refractivity contribution in [3.8, 4) is 0 Å². The quantitative estimate of drug-likeness (QED) is 0.651. The average Bonchev–Trinajstić information content (AvgIpc) is 2.70. The van der Waals surface area contributed by atoms with Crippen molar-refractivity contribution in [2.45, 2.75) is 32.7 Å². The number of ketones is 1. The third-order valence-electron chi connectivity index (χ3n) is 4.94. The summed E-state index contributed by atoms with van der Waals surface area (Å²) in [7, 11) is 0. The minimum Gasteiger partial charge on any atom is -0.372 e. The third kappa shape index (κ3) is 2.99. The van der Waals surface area contributed by atoms with Gasteiger partial charge in [0, 0.05) is 22.2 Å². The van der Waals surface area contributed by atoms with Gasteiger partial charge in [-0.2, -0.15) is 0 Å². The molecule has 1 unspecified atom stereocenters. The third-order valence-corrected chi connectivity index (χ3v) is 5.66. The van der Waals surface area contributed by atoms with Gasteiger partial charge in [0.25, 0.3) is 0 Å². The smallest absolute Gasteiger partial charge is 0.163 e. The molecule has 0 spiro atoms. The number of fused-ring (bicyclic) bond motifs is 1. The van der Waals surface area contributed by atoms with E-state index in [-0.39, 0.29) is 17.2 Å². The Kier molecular flexibility index (Phi) is 3.95. The van der Waals surface area contributed by atoms with E-state index >= 15 is 0 Å². The van der Waals surface area contributed by atoms with E-state index in [2.05, 4.69) is 58.6 Å². The molecule has 2 aliphatic rings. The van der Waals surface area contributed by atoms with Crippen molar-refractivity contribution in [1.82, 2.24) is 0 Å². The molecule has 0 saturated carbocycles. The van der Waals surface area contributed by atoms with E-state index in [4.69, 9.17) is 0 Å². The van der Waals surface area contributed by atoms with E-state index in [0.29, 0.717) is 6.42 Å². The average molecular weight is 397 g/mol. The normalized spacial score (nSPS) is 21.6. The van der Waals surface area contributed by atoms with Crippen molar-refractivity contribution in [3.63, 3.8) is 0 Å². The van der Waals surface area contributed by atoms with Gasteiger partial charge in [0.15, 0.2) is 5.78 Å². The highest BCUT2D eigenvalue weighted by atomic mass is 79.9. The Labute approximate surface area is 156 Å². The second kappa shape index (κ2) is 6.03. The monoisotopic (exact) mass is 396 g/mol. The largest absolute Gasteiger partial charge is 0.372 e. The number of allylic oxidation sites excluding steroid dienone is 1. The topological polar surface area (TPSA) is 41.1 Å². The number of para-hydroxylation sites is 2. The molecule has 1 heterocycles. The predicted octanol–water partition coefficient (Wildman–Crippen LogP) is 5.67. The fourth-order valence-electron chi connectivity index (χ4n) is 3.83. The van der Waals surface area contributed by atoms with Gasteiger partial charge in [0.05, 0.1) is 17.4 Å². The fourth-order valence-corrected chi connectivity index (χ4v) is 4.35. The zero-order valence-corrected chi connectivity index (χ0v) is 16.0. The van der Waals surface area contributed by atoms with E-state index in [9.17, 15) is 4.79 Å². The van der Waals surface area contributed by atoms with Crippen LogP contribution in [0.2, 0.25) is 0 Å². The van der Waals surface area contributed by atoms with Crippen LogP contribution in [-0.2, 0) is 4.79 Å². The highest BCUT2D eigenvalue weighted by Gasteiger charge is 2.38. The first-order valence-electron chi connectivity index (χ1n) is 8.58. The number of rotatable bonds is 1. The van der Waals surface area contributed by atoms with Gasteiger partial charge in [-0.15, -0.1) is 0 Å². The Balaban J connectivity index is 1.92. The molecule has 0 aromatic heterocycles. The van der Waals surface area contributed by atoms with E-state index in [1.165, 1.54) is 0 Å². The fraction of sp³-hybridized carbons (Fsp3) is 0.286. The molecule has 2 aromatic rings. The highest BCUT2D eigenvalue weighted by molar-refractivity contribution is 9.10. The summed E-state index contributed by atoms with van der Waals surface area (Å²) in [6.07, 6.45) is 1.44. The number of nitrogens with one attached hydrogen (secondary N) is 2. The maximum Gasteiger partial charge on any atom is 0.163 e. The predicted molar refractivity (Wildman–Crippen MR) is 106 cm³/mol. The van der Waals surface area contributed by atoms with Gasteiger partial charge in [0.1, 0.15) is 0 Å². The van der Waals surface area contributed by atoms with Crippen molar-refractivity contribution < 1.29 is 4.79 Å². The lowest BCUT2D eigenvalue weighted by atomic mass is 9.73. The Morgan fingerprint density at radius 3 is 2.44 bits per heavy atom. The van der Waals surface area contributed by atoms with Gasteiger partial charge in [0.2, 0.25) is 0 Å². The molecule has 0 fully saturated rings. The lowest BCUT2D eigenvalue weighted by molar-refractivity contribution is -0.118. The number of Topliss-reactive ketones (excluding diaryl/α,β-unsaturated/α-hetero) is 1. The first kappa shape index (κ1) is 16.4. The highest BCUT2D eigenvalue weighted by Crippen LogP contribution is 2.46. The summed E-state index contributed by atoms with van der Waals surface area (Å²) in [5, 5.41) is 7.15. The Bertz CT molecular complexity index is 885. The van der Waals surface area contributed by atoms with Crippen molar-refractivity contribution in [1.29, 1.82) is 0 Å². The number of anilines is 2. The van der Waals surface area contributed by atoms with E-state index in [1.807, 2.05) is 30.3 Å². The maximum atomic E-state index is 13.1. The van der Waals surface area contributed by atoms with Crippen LogP contribution in [0, 0.1) is 5.41 Å². The molecular formula is C21H21BrN2O. The molecule has 0 radical (unpaired) electrons. The van der Waals surface area contributed by atoms with Gasteiger partial charge >= 0.3 is 0 Å². The minimum absolute atomic E-state index is 0.0271. The molecule has 0 bridgehead atoms. The number of benzene rings is 2. The van der Waals surface area contributed by atoms with E-state index in [1.54, 1.807) is 0 Å². The molecule has 1 aliphatic heterocycles. The minimum atomic E-state index is -0.162. The molecule has 1 atom stereocenters. The lowest BCUT2D eigenvalue weighted by Gasteiger charge is -2.34. The van der Waals surface area contributed by atoms with Gasteiger partial charge in [-0.3, -0.25) is 4.79 Å². The number of hydrogen-bond acceptors (Lipinski definition) is 3. The van der Waals surface area contributed by atoms with Gasteiger partial charge in [-0.05, 0) is 35.6 Å². The van der Waals surface area contributed by atoms with Crippen LogP contribution in [0.15, 0.2) is 64.3 Å². The lowest BCUT2D eigenvalue weighted by Crippen LogP contribution is -2.31. The summed E-state index contributed by atoms with van der Waals surface area (Å²) in [5.74, 6) is 0.222. The standard InChI is InChI=1S/C21H21BrN2O/c1-21(2)11-17-19(18(25)12-21)20(13-7-3-4-8-14(13)22)24-16-10-6-5-9-15(16)23-17/h3-10,20,23-24H,11-12H2,1-2H3. The molecule has 3 nitrogen and oxygen atoms in total. The number of halogens is 1. The summed E-state index contributed by atoms with van der Waals surface area (Å²) in [5.41, 5.74) is 5.00. The molecule has 4 heteroatoms. The zero-order valence-electron chi connectivity index (χ0n) is 14.4. The summed E-state index contributed by atoms with van der Waals surface area (Å²) in [6, 6.07) is 16.1. The first-order chi connectivity index (χ1) is 11.9. The summed E-state index contributed by atoms with van der Waals surface area (Å²) >= 11 is 3.66. The van der Waals surface area contributed by atoms with Crippen LogP contribution in [0.5, 0.6) is 0 Å². The van der Waals surface area contributed by atoms with Gasteiger partial charge < -0.3 is 10.6 Å². The van der Waals surface area contributed by atoms with Crippen molar-refractivity contribution >= 4 is 33.1 Å². The molecule has 4 rings (SSSR count). The first-order valence-corrected chi connectivity index (χ1v) is 9.37. The van der Waals surface area contributed by atoms with Crippen LogP contribution < -0.4 is 10.6 Å². The molecule has 128 valence electrons. The Morgan fingerprint density at radius 1 is 1.00 bits per heavy atom. The molecule has 2 N–H and O–H groups in total. The number of carbonyl (C=O) groups excluding carboxylic acids is 1. The van der Waals surface area contributed by atoms with E-state index in [0.717, 1.165) is 39.1 Å². The van der Waals surface area contributed by atoms with E-state index < -0.39 is 0 Å². The van der Waals surface area contributed by atoms with Crippen molar-refractivity contribution in [3.05, 3.63) is 69.8 Å². The van der Waals surface area contributed by atoms with Crippen LogP contribution >= 0.6 is 15.9 Å². The molecule has 2 aromatic carbocycles. The second-order valence-corrected chi connectivity index (χ2v) is 8.46. The molecule has 25 heavy (non-hydrogen) atoms. The zero-order chi connectivity index (χ0) is 17.6. The second-order valence-electron chi connectivity index (χ2n) is 7.60. The number of carbonyl (C=O) groups is 1. The Morgan fingerprint density at radius 2 is 1.68 bits per heavy atom. The summed E-state index contributed by atoms with van der Waals surface area (Å²) in [4.78, 5) is 13.1. The molecule has 0 saturated heterocycles. The summed E-state index contributed by atoms with van der Waals surface area (Å²) < 4.78 is 1.01. The van der Waals surface area contributed by atoms with Crippen molar-refractivity contribution in [2.75, 3.05) is 10.6 Å². The Hall–Kier alpha value is -2.07. The van der Waals surface area contributed by atoms with Crippen LogP contribution in [0.25, 0.3) is 0 Å². The van der Waals surface area contributed by atoms with Crippen LogP contribution in [-0.4, -0.2) is 5.78 Å². The number of hydrogen-bond donors (Lipinski definition) is 2. The van der Waals surface area contributed by atoms with Crippen molar-refractivity contribution in [2.24, 2.45) is 5.41 Å². The summed E-state index contributed by atoms with van der Waals surface area (Å²) in [6.45, 7) is 4.32. The van der Waals surface area contributed by atoms with Gasteiger partial charge in [-0.1, -0.05) is 60.1 Å². The van der Waals surface area contributed by atoms with Gasteiger partial charge in [-0.25, -0.2) is 0 Å². The molecule has 0 amide bonds. The molecular weight excluding hydrogens is 376 g/mol. The maximum absolute atomic E-state index is 13.1. The van der Waals surface area contributed by atoms with Crippen LogP contribution in [0.3, 0.4) is 0 Å². The SMILES string of the molecule is CC1(C)CC(=O)C2=C(C1)Nc1ccccc1NC2c1ccccc1Br. The van der Waals surface area contributed by atoms with Crippen LogP contribution in [0.1, 0.15) is 38.3 Å².